The molecule has 0 aliphatic rings. The average molecular weight is 379 g/mol. The van der Waals surface area contributed by atoms with E-state index in [1.807, 2.05) is 6.07 Å². The number of amides is 1. The van der Waals surface area contributed by atoms with Crippen molar-refractivity contribution in [1.82, 2.24) is 0 Å². The monoisotopic (exact) mass is 378 g/mol. The summed E-state index contributed by atoms with van der Waals surface area (Å²) in [7, 11) is 1.49. The molecule has 1 atom stereocenters. The number of methoxy groups -OCH3 is 1. The van der Waals surface area contributed by atoms with Gasteiger partial charge in [0.25, 0.3) is 5.91 Å². The van der Waals surface area contributed by atoms with Crippen LogP contribution in [-0.4, -0.2) is 25.1 Å². The lowest BCUT2D eigenvalue weighted by molar-refractivity contribution is -0.152. The van der Waals surface area contributed by atoms with E-state index in [4.69, 9.17) is 26.3 Å². The van der Waals surface area contributed by atoms with Crippen molar-refractivity contribution >= 4 is 39.8 Å². The van der Waals surface area contributed by atoms with Crippen LogP contribution in [0.15, 0.2) is 29.6 Å². The van der Waals surface area contributed by atoms with Gasteiger partial charge in [0.05, 0.1) is 19.1 Å². The molecule has 0 radical (unpaired) electrons. The normalized spacial score (nSPS) is 11.3. The van der Waals surface area contributed by atoms with Gasteiger partial charge in [-0.25, -0.2) is 0 Å². The highest BCUT2D eigenvalue weighted by Crippen LogP contribution is 2.24. The molecule has 1 N–H and O–H groups in total. The number of carbonyl (C=O) groups is 2. The van der Waals surface area contributed by atoms with Crippen LogP contribution in [0.1, 0.15) is 18.1 Å². The predicted molar refractivity (Wildman–Crippen MR) is 94.9 cm³/mol. The smallest absolute Gasteiger partial charge is 0.311 e. The molecule has 2 rings (SSSR count). The maximum absolute atomic E-state index is 12.1. The summed E-state index contributed by atoms with van der Waals surface area (Å²) in [5.74, 6) is -0.587. The van der Waals surface area contributed by atoms with Crippen LogP contribution in [0.4, 0.5) is 5.00 Å². The molecule has 0 aliphatic carbocycles. The molecule has 0 unspecified atom stereocenters. The fraction of sp³-hybridized carbons (Fsp3) is 0.235. The van der Waals surface area contributed by atoms with E-state index in [-0.39, 0.29) is 6.42 Å². The Kier molecular flexibility index (Phi) is 6.39. The molecular formula is C17H15ClN2O4S. The molecule has 0 spiro atoms. The highest BCUT2D eigenvalue weighted by Gasteiger charge is 2.20. The predicted octanol–water partition coefficient (Wildman–Crippen LogP) is 3.39. The first-order valence-corrected chi connectivity index (χ1v) is 8.50. The van der Waals surface area contributed by atoms with Crippen LogP contribution in [-0.2, 0) is 20.7 Å². The van der Waals surface area contributed by atoms with Crippen molar-refractivity contribution in [2.45, 2.75) is 19.4 Å². The number of halogens is 1. The number of hydrogen-bond acceptors (Lipinski definition) is 6. The zero-order valence-corrected chi connectivity index (χ0v) is 15.1. The van der Waals surface area contributed by atoms with Gasteiger partial charge >= 0.3 is 5.97 Å². The van der Waals surface area contributed by atoms with Gasteiger partial charge in [-0.3, -0.25) is 9.59 Å². The lowest BCUT2D eigenvalue weighted by atomic mass is 10.1. The molecule has 6 nitrogen and oxygen atoms in total. The maximum Gasteiger partial charge on any atom is 0.311 e. The maximum atomic E-state index is 12.1. The van der Waals surface area contributed by atoms with Crippen LogP contribution in [0.25, 0.3) is 0 Å². The van der Waals surface area contributed by atoms with E-state index < -0.39 is 18.0 Å². The molecule has 1 aromatic heterocycles. The molecule has 0 bridgehead atoms. The lowest BCUT2D eigenvalue weighted by Gasteiger charge is -2.14. The van der Waals surface area contributed by atoms with Crippen LogP contribution in [0, 0.1) is 11.3 Å². The molecule has 0 fully saturated rings. The number of carbonyl (C=O) groups excluding carboxylic acids is 2. The summed E-state index contributed by atoms with van der Waals surface area (Å²) in [6.45, 7) is 1.46. The first-order valence-electron chi connectivity index (χ1n) is 7.25. The second kappa shape index (κ2) is 8.51. The molecule has 25 heavy (non-hydrogen) atoms. The Balaban J connectivity index is 1.97. The first-order chi connectivity index (χ1) is 11.9. The van der Waals surface area contributed by atoms with Gasteiger partial charge in [0, 0.05) is 10.6 Å². The number of anilines is 1. The van der Waals surface area contributed by atoms with Crippen LogP contribution in [0.3, 0.4) is 0 Å². The first kappa shape index (κ1) is 18.8. The van der Waals surface area contributed by atoms with Gasteiger partial charge in [0.15, 0.2) is 6.10 Å². The fourth-order valence-electron chi connectivity index (χ4n) is 2.04. The summed E-state index contributed by atoms with van der Waals surface area (Å²) in [6, 6.07) is 8.49. The Morgan fingerprint density at radius 2 is 2.16 bits per heavy atom. The van der Waals surface area contributed by atoms with Gasteiger partial charge < -0.3 is 14.8 Å². The number of ether oxygens (including phenoxy) is 2. The summed E-state index contributed by atoms with van der Waals surface area (Å²) < 4.78 is 10.3. The van der Waals surface area contributed by atoms with Crippen LogP contribution in [0.5, 0.6) is 5.75 Å². The number of rotatable bonds is 6. The number of esters is 1. The van der Waals surface area contributed by atoms with Crippen molar-refractivity contribution in [2.24, 2.45) is 0 Å². The van der Waals surface area contributed by atoms with Crippen molar-refractivity contribution in [3.05, 3.63) is 45.8 Å². The Hall–Kier alpha value is -2.56. The topological polar surface area (TPSA) is 88.4 Å². The number of thiophene rings is 1. The highest BCUT2D eigenvalue weighted by atomic mass is 35.5. The summed E-state index contributed by atoms with van der Waals surface area (Å²) in [5, 5.41) is 14.1. The largest absolute Gasteiger partial charge is 0.496 e. The van der Waals surface area contributed by atoms with Crippen molar-refractivity contribution in [3.63, 3.8) is 0 Å². The molecule has 8 heteroatoms. The summed E-state index contributed by atoms with van der Waals surface area (Å²) >= 11 is 7.15. The third kappa shape index (κ3) is 4.95. The minimum atomic E-state index is -1.01. The zero-order chi connectivity index (χ0) is 18.4. The Labute approximate surface area is 153 Å². The summed E-state index contributed by atoms with van der Waals surface area (Å²) in [6.07, 6.45) is -1.09. The van der Waals surface area contributed by atoms with E-state index in [0.717, 1.165) is 0 Å². The average Bonchev–Trinajstić information content (AvgIpc) is 3.02. The van der Waals surface area contributed by atoms with Gasteiger partial charge in [0.2, 0.25) is 0 Å². The molecule has 0 aliphatic heterocycles. The summed E-state index contributed by atoms with van der Waals surface area (Å²) in [4.78, 5) is 24.2. The van der Waals surface area contributed by atoms with E-state index in [2.05, 4.69) is 5.32 Å². The van der Waals surface area contributed by atoms with Gasteiger partial charge in [-0.05, 0) is 36.6 Å². The van der Waals surface area contributed by atoms with E-state index in [9.17, 15) is 9.59 Å². The van der Waals surface area contributed by atoms with Crippen molar-refractivity contribution in [1.29, 1.82) is 5.26 Å². The van der Waals surface area contributed by atoms with Crippen molar-refractivity contribution < 1.29 is 19.1 Å². The molecular weight excluding hydrogens is 364 g/mol. The Morgan fingerprint density at radius 3 is 2.84 bits per heavy atom. The lowest BCUT2D eigenvalue weighted by Crippen LogP contribution is -2.30. The number of nitriles is 1. The fourth-order valence-corrected chi connectivity index (χ4v) is 2.98. The van der Waals surface area contributed by atoms with Gasteiger partial charge in [-0.2, -0.15) is 5.26 Å². The van der Waals surface area contributed by atoms with Crippen LogP contribution < -0.4 is 10.1 Å². The molecule has 2 aromatic rings. The SMILES string of the molecule is COc1ccc(Cl)cc1CC(=O)O[C@H](C)C(=O)Nc1sccc1C#N. The van der Waals surface area contributed by atoms with Crippen LogP contribution >= 0.6 is 22.9 Å². The van der Waals surface area contributed by atoms with E-state index in [1.165, 1.54) is 25.4 Å². The minimum Gasteiger partial charge on any atom is -0.496 e. The van der Waals surface area contributed by atoms with E-state index in [1.54, 1.807) is 29.6 Å². The third-order valence-electron chi connectivity index (χ3n) is 3.28. The van der Waals surface area contributed by atoms with Crippen molar-refractivity contribution in [2.75, 3.05) is 12.4 Å². The molecule has 130 valence electrons. The van der Waals surface area contributed by atoms with Crippen molar-refractivity contribution in [3.8, 4) is 11.8 Å². The number of hydrogen-bond donors (Lipinski definition) is 1. The van der Waals surface area contributed by atoms with Gasteiger partial charge in [-0.15, -0.1) is 11.3 Å². The second-order valence-corrected chi connectivity index (χ2v) is 6.38. The van der Waals surface area contributed by atoms with Crippen LogP contribution in [0.2, 0.25) is 5.02 Å². The number of nitrogens with one attached hydrogen (secondary N) is 1. The quantitative estimate of drug-likeness (QED) is 0.778. The zero-order valence-electron chi connectivity index (χ0n) is 13.5. The minimum absolute atomic E-state index is 0.0796. The third-order valence-corrected chi connectivity index (χ3v) is 4.34. The summed E-state index contributed by atoms with van der Waals surface area (Å²) in [5.41, 5.74) is 0.929. The molecule has 1 aromatic carbocycles. The Morgan fingerprint density at radius 1 is 1.40 bits per heavy atom. The second-order valence-electron chi connectivity index (χ2n) is 5.03. The molecule has 0 saturated heterocycles. The number of benzene rings is 1. The highest BCUT2D eigenvalue weighted by molar-refractivity contribution is 7.14. The van der Waals surface area contributed by atoms with Gasteiger partial charge in [0.1, 0.15) is 16.8 Å². The standard InChI is InChI=1S/C17H15ClN2O4S/c1-10(16(22)20-17-11(9-19)5-6-25-17)24-15(21)8-12-7-13(18)3-4-14(12)23-2/h3-7,10H,8H2,1-2H3,(H,20,22)/t10-/m1/s1. The number of nitrogens with zero attached hydrogens (tertiary/aromatic N) is 1. The van der Waals surface area contributed by atoms with Gasteiger partial charge in [-0.1, -0.05) is 11.6 Å². The van der Waals surface area contributed by atoms with E-state index >= 15 is 0 Å². The molecule has 1 amide bonds. The molecule has 0 saturated carbocycles. The Bertz CT molecular complexity index is 828. The molecule has 1 heterocycles. The van der Waals surface area contributed by atoms with E-state index in [0.29, 0.717) is 26.9 Å².